The van der Waals surface area contributed by atoms with Crippen molar-refractivity contribution in [2.75, 3.05) is 5.32 Å². The Morgan fingerprint density at radius 1 is 0.653 bits per heavy atom. The highest BCUT2D eigenvalue weighted by Crippen LogP contribution is 2.37. The number of anilines is 2. The fourth-order valence-electron chi connectivity index (χ4n) is 5.38. The molecule has 246 valence electrons. The number of aromatic nitrogens is 5. The van der Waals surface area contributed by atoms with E-state index in [1.54, 1.807) is 31.7 Å². The number of nitrogens with one attached hydrogen (secondary N) is 1. The Labute approximate surface area is 292 Å². The molecule has 1 N–H and O–H groups in total. The lowest BCUT2D eigenvalue weighted by Gasteiger charge is -2.17. The Bertz CT molecular complexity index is 2410. The van der Waals surface area contributed by atoms with Gasteiger partial charge in [-0.2, -0.15) is 0 Å². The number of benzene rings is 2. The van der Waals surface area contributed by atoms with Gasteiger partial charge in [-0.25, -0.2) is 27.5 Å². The number of rotatable bonds is 4. The minimum Gasteiger partial charge on any atom is -0.353 e. The van der Waals surface area contributed by atoms with Crippen LogP contribution in [0.2, 0.25) is 5.02 Å². The fourth-order valence-corrected chi connectivity index (χ4v) is 6.02. The number of hydrogen-bond donors (Lipinski definition) is 1. The monoisotopic (exact) mass is 744 g/mol. The molecule has 2 aromatic carbocycles. The summed E-state index contributed by atoms with van der Waals surface area (Å²) in [6.45, 7) is 7.47. The molecule has 6 nitrogen and oxygen atoms in total. The number of halogens is 6. The molecule has 0 fully saturated rings. The van der Waals surface area contributed by atoms with E-state index < -0.39 is 23.3 Å². The highest BCUT2D eigenvalue weighted by Gasteiger charge is 2.19. The van der Waals surface area contributed by atoms with E-state index in [0.29, 0.717) is 45.3 Å². The van der Waals surface area contributed by atoms with E-state index >= 15 is 0 Å². The minimum absolute atomic E-state index is 0.131. The second-order valence-electron chi connectivity index (χ2n) is 11.4. The average molecular weight is 746 g/mol. The van der Waals surface area contributed by atoms with Crippen LogP contribution in [0.5, 0.6) is 0 Å². The summed E-state index contributed by atoms with van der Waals surface area (Å²) in [5.74, 6) is -2.76. The van der Waals surface area contributed by atoms with Gasteiger partial charge in [0.2, 0.25) is 0 Å². The van der Waals surface area contributed by atoms with E-state index in [1.807, 2.05) is 51.1 Å². The lowest BCUT2D eigenvalue weighted by atomic mass is 10.0. The smallest absolute Gasteiger partial charge is 0.137 e. The van der Waals surface area contributed by atoms with Gasteiger partial charge in [0.05, 0.1) is 67.2 Å². The molecule has 0 spiro atoms. The third kappa shape index (κ3) is 7.09. The van der Waals surface area contributed by atoms with Gasteiger partial charge in [0.25, 0.3) is 0 Å². The highest BCUT2D eigenvalue weighted by atomic mass is 79.9. The van der Waals surface area contributed by atoms with Crippen LogP contribution >= 0.6 is 27.5 Å². The molecular formula is C37H26BrClF4N6. The van der Waals surface area contributed by atoms with Crippen molar-refractivity contribution in [1.29, 1.82) is 0 Å². The second-order valence-corrected chi connectivity index (χ2v) is 12.7. The van der Waals surface area contributed by atoms with Crippen LogP contribution in [0.1, 0.15) is 22.3 Å². The van der Waals surface area contributed by atoms with Crippen molar-refractivity contribution in [2.24, 2.45) is 0 Å². The van der Waals surface area contributed by atoms with Crippen LogP contribution in [0.3, 0.4) is 0 Å². The lowest BCUT2D eigenvalue weighted by molar-refractivity contribution is 0.591. The Morgan fingerprint density at radius 2 is 1.18 bits per heavy atom. The van der Waals surface area contributed by atoms with Crippen LogP contribution in [0.15, 0.2) is 83.9 Å². The van der Waals surface area contributed by atoms with Crippen LogP contribution in [0.4, 0.5) is 28.9 Å². The lowest BCUT2D eigenvalue weighted by Crippen LogP contribution is -2.02. The highest BCUT2D eigenvalue weighted by molar-refractivity contribution is 9.10. The van der Waals surface area contributed by atoms with Gasteiger partial charge in [0.1, 0.15) is 23.3 Å². The summed E-state index contributed by atoms with van der Waals surface area (Å²) in [5.41, 5.74) is 7.27. The zero-order valence-electron chi connectivity index (χ0n) is 26.5. The fraction of sp³-hybridized carbons (Fsp3) is 0.108. The van der Waals surface area contributed by atoms with Crippen molar-refractivity contribution in [3.8, 4) is 22.8 Å². The molecule has 7 aromatic rings. The predicted molar refractivity (Wildman–Crippen MR) is 189 cm³/mol. The summed E-state index contributed by atoms with van der Waals surface area (Å²) in [4.78, 5) is 21.6. The average Bonchev–Trinajstić information content (AvgIpc) is 3.04. The first-order chi connectivity index (χ1) is 23.4. The van der Waals surface area contributed by atoms with E-state index in [9.17, 15) is 17.6 Å². The number of hydrogen-bond acceptors (Lipinski definition) is 6. The molecule has 5 heterocycles. The molecule has 0 aliphatic rings. The summed E-state index contributed by atoms with van der Waals surface area (Å²) in [6.07, 6.45) is 6.63. The molecule has 0 unspecified atom stereocenters. The molecule has 0 aliphatic carbocycles. The molecule has 0 saturated carbocycles. The SMILES string of the molecule is Cc1ccnc(-c2nc3cc(F)cc(F)c3c(Cl)c2C)c1.Cc1ccnc(-c2nc3cc(F)cc(F)c3c(Nc3cncc(Br)c3)c2C)c1. The Hall–Kier alpha value is -5.00. The first kappa shape index (κ1) is 33.9. The van der Waals surface area contributed by atoms with Crippen LogP contribution < -0.4 is 5.32 Å². The second kappa shape index (κ2) is 13.9. The molecule has 7 rings (SSSR count). The molecule has 0 amide bonds. The summed E-state index contributed by atoms with van der Waals surface area (Å²) < 4.78 is 56.7. The van der Waals surface area contributed by atoms with Crippen molar-refractivity contribution in [3.05, 3.63) is 134 Å². The third-order valence-electron chi connectivity index (χ3n) is 7.71. The van der Waals surface area contributed by atoms with Gasteiger partial charge >= 0.3 is 0 Å². The quantitative estimate of drug-likeness (QED) is 0.181. The molecule has 0 atom stereocenters. The number of aryl methyl sites for hydroxylation is 2. The van der Waals surface area contributed by atoms with E-state index in [-0.39, 0.29) is 26.8 Å². The van der Waals surface area contributed by atoms with Gasteiger partial charge in [-0.05, 0) is 90.6 Å². The van der Waals surface area contributed by atoms with Crippen LogP contribution in [0.25, 0.3) is 44.6 Å². The maximum atomic E-state index is 14.7. The zero-order valence-corrected chi connectivity index (χ0v) is 28.9. The van der Waals surface area contributed by atoms with E-state index in [1.165, 1.54) is 12.1 Å². The van der Waals surface area contributed by atoms with Gasteiger partial charge in [0, 0.05) is 52.9 Å². The van der Waals surface area contributed by atoms with Crippen molar-refractivity contribution < 1.29 is 17.6 Å². The van der Waals surface area contributed by atoms with Crippen molar-refractivity contribution in [2.45, 2.75) is 27.7 Å². The zero-order chi connectivity index (χ0) is 35.0. The Balaban J connectivity index is 0.000000177. The minimum atomic E-state index is -0.714. The van der Waals surface area contributed by atoms with Gasteiger partial charge < -0.3 is 5.32 Å². The van der Waals surface area contributed by atoms with Gasteiger partial charge in [0.15, 0.2) is 0 Å². The van der Waals surface area contributed by atoms with Crippen LogP contribution in [-0.2, 0) is 0 Å². The first-order valence-corrected chi connectivity index (χ1v) is 16.0. The Morgan fingerprint density at radius 3 is 1.73 bits per heavy atom. The maximum absolute atomic E-state index is 14.7. The molecule has 0 aliphatic heterocycles. The standard InChI is InChI=1S/C21H15BrF2N4.C16H11ClF2N2/c1-11-3-4-26-18(5-11)20-12(2)21(27-15-6-13(22)9-25-10-15)19-16(24)7-14(23)8-17(19)28-20;1-8-3-4-20-13(5-8)16-9(2)15(17)14-11(19)6-10(18)7-12(14)21-16/h3-10H,1-2H3,(H,27,28);3-7H,1-2H3. The van der Waals surface area contributed by atoms with Crippen molar-refractivity contribution in [3.63, 3.8) is 0 Å². The Kier molecular flexibility index (Phi) is 9.58. The van der Waals surface area contributed by atoms with Gasteiger partial charge in [-0.3, -0.25) is 15.0 Å². The third-order valence-corrected chi connectivity index (χ3v) is 8.61. The summed E-state index contributed by atoms with van der Waals surface area (Å²) >= 11 is 9.63. The van der Waals surface area contributed by atoms with Crippen LogP contribution in [-0.4, -0.2) is 24.9 Å². The molecule has 0 radical (unpaired) electrons. The topological polar surface area (TPSA) is 76.5 Å². The number of fused-ring (bicyclic) bond motifs is 2. The molecule has 0 bridgehead atoms. The van der Waals surface area contributed by atoms with Crippen molar-refractivity contribution in [1.82, 2.24) is 24.9 Å². The molecule has 49 heavy (non-hydrogen) atoms. The molecular weight excluding hydrogens is 720 g/mol. The van der Waals surface area contributed by atoms with E-state index in [2.05, 4.69) is 46.2 Å². The largest absolute Gasteiger partial charge is 0.353 e. The maximum Gasteiger partial charge on any atom is 0.137 e. The first-order valence-electron chi connectivity index (χ1n) is 14.9. The van der Waals surface area contributed by atoms with Crippen molar-refractivity contribution >= 4 is 60.7 Å². The van der Waals surface area contributed by atoms with Gasteiger partial charge in [-0.1, -0.05) is 11.6 Å². The summed E-state index contributed by atoms with van der Waals surface area (Å²) in [6, 6.07) is 13.4. The predicted octanol–water partition coefficient (Wildman–Crippen LogP) is 10.9. The van der Waals surface area contributed by atoms with Crippen LogP contribution in [0, 0.1) is 51.0 Å². The summed E-state index contributed by atoms with van der Waals surface area (Å²) in [7, 11) is 0. The molecule has 5 aromatic heterocycles. The number of nitrogens with zero attached hydrogens (tertiary/aromatic N) is 5. The van der Waals surface area contributed by atoms with E-state index in [0.717, 1.165) is 27.7 Å². The number of pyridine rings is 5. The van der Waals surface area contributed by atoms with Gasteiger partial charge in [-0.15, -0.1) is 0 Å². The summed E-state index contributed by atoms with van der Waals surface area (Å²) in [5, 5.41) is 3.80. The molecule has 12 heteroatoms. The molecule has 0 saturated heterocycles. The normalized spacial score (nSPS) is 11.1. The van der Waals surface area contributed by atoms with E-state index in [4.69, 9.17) is 11.6 Å².